The van der Waals surface area contributed by atoms with Crippen LogP contribution in [-0.2, 0) is 13.0 Å². The minimum absolute atomic E-state index is 0.278. The Morgan fingerprint density at radius 1 is 1.25 bits per heavy atom. The predicted octanol–water partition coefficient (Wildman–Crippen LogP) is 1.94. The van der Waals surface area contributed by atoms with Crippen LogP contribution in [0.15, 0.2) is 42.7 Å². The molecule has 20 heavy (non-hydrogen) atoms. The Labute approximate surface area is 120 Å². The quantitative estimate of drug-likeness (QED) is 0.845. The van der Waals surface area contributed by atoms with Gasteiger partial charge in [0.05, 0.1) is 12.6 Å². The number of imidazole rings is 1. The Morgan fingerprint density at radius 3 is 2.60 bits per heavy atom. The molecular weight excluding hydrogens is 250 g/mol. The van der Waals surface area contributed by atoms with Gasteiger partial charge in [-0.25, -0.2) is 4.98 Å². The van der Waals surface area contributed by atoms with Crippen LogP contribution in [0.25, 0.3) is 0 Å². The van der Waals surface area contributed by atoms with Gasteiger partial charge in [-0.15, -0.1) is 0 Å². The SMILES string of the molecule is CC(C)c1nccn1CC(O)C(N)Cc1ccccc1. The molecule has 0 amide bonds. The molecule has 0 fully saturated rings. The van der Waals surface area contributed by atoms with E-state index in [-0.39, 0.29) is 6.04 Å². The molecule has 0 aliphatic heterocycles. The number of nitrogens with two attached hydrogens (primary N) is 1. The molecule has 0 spiro atoms. The van der Waals surface area contributed by atoms with Crippen molar-refractivity contribution in [1.82, 2.24) is 9.55 Å². The summed E-state index contributed by atoms with van der Waals surface area (Å²) < 4.78 is 1.99. The summed E-state index contributed by atoms with van der Waals surface area (Å²) in [5, 5.41) is 10.3. The molecule has 0 saturated heterocycles. The first-order valence-electron chi connectivity index (χ1n) is 7.06. The van der Waals surface area contributed by atoms with Crippen LogP contribution in [0.4, 0.5) is 0 Å². The predicted molar refractivity (Wildman–Crippen MR) is 80.4 cm³/mol. The first-order valence-corrected chi connectivity index (χ1v) is 7.06. The van der Waals surface area contributed by atoms with Crippen LogP contribution in [0.2, 0.25) is 0 Å². The fourth-order valence-corrected chi connectivity index (χ4v) is 2.34. The molecule has 2 unspecified atom stereocenters. The maximum atomic E-state index is 10.3. The second-order valence-electron chi connectivity index (χ2n) is 5.51. The van der Waals surface area contributed by atoms with Crippen LogP contribution in [0, 0.1) is 0 Å². The number of nitrogens with zero attached hydrogens (tertiary/aromatic N) is 2. The summed E-state index contributed by atoms with van der Waals surface area (Å²) in [6, 6.07) is 9.74. The molecular formula is C16H23N3O. The standard InChI is InChI=1S/C16H23N3O/c1-12(2)16-18-8-9-19(16)11-15(20)14(17)10-13-6-4-3-5-7-13/h3-9,12,14-15,20H,10-11,17H2,1-2H3. The molecule has 4 nitrogen and oxygen atoms in total. The summed E-state index contributed by atoms with van der Waals surface area (Å²) >= 11 is 0. The van der Waals surface area contributed by atoms with E-state index in [1.165, 1.54) is 0 Å². The third kappa shape index (κ3) is 3.68. The van der Waals surface area contributed by atoms with E-state index in [1.54, 1.807) is 6.20 Å². The molecule has 2 atom stereocenters. The van der Waals surface area contributed by atoms with Crippen molar-refractivity contribution in [2.75, 3.05) is 0 Å². The van der Waals surface area contributed by atoms with E-state index in [4.69, 9.17) is 5.73 Å². The first kappa shape index (κ1) is 14.8. The summed E-state index contributed by atoms with van der Waals surface area (Å²) in [5.74, 6) is 1.32. The largest absolute Gasteiger partial charge is 0.390 e. The van der Waals surface area contributed by atoms with Gasteiger partial charge in [-0.1, -0.05) is 44.2 Å². The van der Waals surface area contributed by atoms with Crippen molar-refractivity contribution in [2.24, 2.45) is 5.73 Å². The Kier molecular flexibility index (Phi) is 4.93. The molecule has 1 aromatic heterocycles. The van der Waals surface area contributed by atoms with Crippen LogP contribution in [0.1, 0.15) is 31.2 Å². The number of hydrogen-bond donors (Lipinski definition) is 2. The normalized spacial score (nSPS) is 14.4. The lowest BCUT2D eigenvalue weighted by Gasteiger charge is -2.21. The maximum Gasteiger partial charge on any atom is 0.111 e. The average Bonchev–Trinajstić information content (AvgIpc) is 2.88. The molecule has 0 aliphatic carbocycles. The molecule has 0 radical (unpaired) electrons. The lowest BCUT2D eigenvalue weighted by molar-refractivity contribution is 0.123. The van der Waals surface area contributed by atoms with Gasteiger partial charge in [-0.3, -0.25) is 0 Å². The van der Waals surface area contributed by atoms with E-state index >= 15 is 0 Å². The van der Waals surface area contributed by atoms with Crippen LogP contribution in [0.3, 0.4) is 0 Å². The van der Waals surface area contributed by atoms with Crippen molar-refractivity contribution in [3.05, 3.63) is 54.1 Å². The highest BCUT2D eigenvalue weighted by atomic mass is 16.3. The van der Waals surface area contributed by atoms with E-state index < -0.39 is 6.10 Å². The number of aliphatic hydroxyl groups excluding tert-OH is 1. The Morgan fingerprint density at radius 2 is 1.95 bits per heavy atom. The summed E-state index contributed by atoms with van der Waals surface area (Å²) in [7, 11) is 0. The zero-order valence-electron chi connectivity index (χ0n) is 12.1. The van der Waals surface area contributed by atoms with Gasteiger partial charge in [0.2, 0.25) is 0 Å². The zero-order chi connectivity index (χ0) is 14.5. The van der Waals surface area contributed by atoms with Crippen molar-refractivity contribution in [3.63, 3.8) is 0 Å². The van der Waals surface area contributed by atoms with E-state index in [0.717, 1.165) is 11.4 Å². The smallest absolute Gasteiger partial charge is 0.111 e. The molecule has 4 heteroatoms. The highest BCUT2D eigenvalue weighted by Gasteiger charge is 2.18. The third-order valence-corrected chi connectivity index (χ3v) is 3.46. The number of hydrogen-bond acceptors (Lipinski definition) is 3. The van der Waals surface area contributed by atoms with E-state index in [0.29, 0.717) is 18.9 Å². The van der Waals surface area contributed by atoms with Gasteiger partial charge < -0.3 is 15.4 Å². The summed E-state index contributed by atoms with van der Waals surface area (Å²) in [6.45, 7) is 4.67. The molecule has 0 aliphatic rings. The van der Waals surface area contributed by atoms with Crippen molar-refractivity contribution >= 4 is 0 Å². The third-order valence-electron chi connectivity index (χ3n) is 3.46. The highest BCUT2D eigenvalue weighted by molar-refractivity contribution is 5.16. The fourth-order valence-electron chi connectivity index (χ4n) is 2.34. The van der Waals surface area contributed by atoms with Gasteiger partial charge in [0.25, 0.3) is 0 Å². The highest BCUT2D eigenvalue weighted by Crippen LogP contribution is 2.13. The molecule has 108 valence electrons. The van der Waals surface area contributed by atoms with Gasteiger partial charge in [0.15, 0.2) is 0 Å². The lowest BCUT2D eigenvalue weighted by Crippen LogP contribution is -2.39. The number of aliphatic hydroxyl groups is 1. The second-order valence-corrected chi connectivity index (χ2v) is 5.51. The maximum absolute atomic E-state index is 10.3. The van der Waals surface area contributed by atoms with Gasteiger partial charge in [-0.2, -0.15) is 0 Å². The van der Waals surface area contributed by atoms with Gasteiger partial charge in [0.1, 0.15) is 5.82 Å². The molecule has 2 aromatic rings. The van der Waals surface area contributed by atoms with Crippen molar-refractivity contribution in [2.45, 2.75) is 44.9 Å². The number of rotatable bonds is 6. The van der Waals surface area contributed by atoms with Crippen LogP contribution in [0.5, 0.6) is 0 Å². The minimum Gasteiger partial charge on any atom is -0.390 e. The van der Waals surface area contributed by atoms with E-state index in [2.05, 4.69) is 18.8 Å². The Balaban J connectivity index is 1.97. The molecule has 0 bridgehead atoms. The van der Waals surface area contributed by atoms with Gasteiger partial charge in [0, 0.05) is 24.4 Å². The van der Waals surface area contributed by atoms with E-state index in [9.17, 15) is 5.11 Å². The molecule has 0 saturated carbocycles. The lowest BCUT2D eigenvalue weighted by atomic mass is 10.0. The number of benzene rings is 1. The number of aromatic nitrogens is 2. The van der Waals surface area contributed by atoms with Crippen molar-refractivity contribution in [1.29, 1.82) is 0 Å². The summed E-state index contributed by atoms with van der Waals surface area (Å²) in [6.07, 6.45) is 3.76. The molecule has 1 heterocycles. The average molecular weight is 273 g/mol. The van der Waals surface area contributed by atoms with Crippen LogP contribution in [-0.4, -0.2) is 26.8 Å². The van der Waals surface area contributed by atoms with E-state index in [1.807, 2.05) is 41.1 Å². The summed E-state index contributed by atoms with van der Waals surface area (Å²) in [5.41, 5.74) is 7.26. The monoisotopic (exact) mass is 273 g/mol. The second kappa shape index (κ2) is 6.68. The summed E-state index contributed by atoms with van der Waals surface area (Å²) in [4.78, 5) is 4.32. The van der Waals surface area contributed by atoms with Crippen LogP contribution < -0.4 is 5.73 Å². The van der Waals surface area contributed by atoms with Gasteiger partial charge in [-0.05, 0) is 12.0 Å². The minimum atomic E-state index is -0.582. The van der Waals surface area contributed by atoms with Gasteiger partial charge >= 0.3 is 0 Å². The molecule has 3 N–H and O–H groups in total. The Bertz CT molecular complexity index is 522. The molecule has 2 rings (SSSR count). The first-order chi connectivity index (χ1) is 9.58. The zero-order valence-corrected chi connectivity index (χ0v) is 12.1. The van der Waals surface area contributed by atoms with Crippen LogP contribution >= 0.6 is 0 Å². The molecule has 1 aromatic carbocycles. The topological polar surface area (TPSA) is 64.1 Å². The fraction of sp³-hybridized carbons (Fsp3) is 0.438. The van der Waals surface area contributed by atoms with Crippen molar-refractivity contribution < 1.29 is 5.11 Å². The Hall–Kier alpha value is -1.65. The van der Waals surface area contributed by atoms with Crippen molar-refractivity contribution in [3.8, 4) is 0 Å².